The molecule has 0 amide bonds. The third-order valence-electron chi connectivity index (χ3n) is 3.41. The number of guanidine groups is 1. The first-order valence-electron chi connectivity index (χ1n) is 6.92. The molecule has 1 aliphatic carbocycles. The Labute approximate surface area is 128 Å². The summed E-state index contributed by atoms with van der Waals surface area (Å²) in [5.74, 6) is 0.474. The molecule has 4 nitrogen and oxygen atoms in total. The first-order chi connectivity index (χ1) is 8.16. The molecule has 0 aliphatic heterocycles. The number of halogens is 1. The molecule has 108 valence electrons. The number of aliphatic hydroxyl groups is 1. The third kappa shape index (κ3) is 7.41. The van der Waals surface area contributed by atoms with Crippen molar-refractivity contribution in [1.82, 2.24) is 5.32 Å². The zero-order valence-electron chi connectivity index (χ0n) is 11.5. The van der Waals surface area contributed by atoms with Crippen LogP contribution in [0.5, 0.6) is 0 Å². The van der Waals surface area contributed by atoms with Crippen molar-refractivity contribution in [2.75, 3.05) is 13.1 Å². The van der Waals surface area contributed by atoms with E-state index in [4.69, 9.17) is 5.73 Å². The van der Waals surface area contributed by atoms with Gasteiger partial charge in [-0.15, -0.1) is 24.0 Å². The van der Waals surface area contributed by atoms with Crippen LogP contribution in [0.25, 0.3) is 0 Å². The quantitative estimate of drug-likeness (QED) is 0.279. The number of nitrogens with zero attached hydrogens (tertiary/aromatic N) is 1. The Morgan fingerprint density at radius 2 is 1.94 bits per heavy atom. The molecular weight excluding hydrogens is 341 g/mol. The molecule has 0 aromatic rings. The van der Waals surface area contributed by atoms with Gasteiger partial charge in [-0.25, -0.2) is 0 Å². The fourth-order valence-electron chi connectivity index (χ4n) is 2.25. The summed E-state index contributed by atoms with van der Waals surface area (Å²) in [6.07, 6.45) is 8.83. The van der Waals surface area contributed by atoms with Crippen LogP contribution in [0.3, 0.4) is 0 Å². The highest BCUT2D eigenvalue weighted by atomic mass is 127. The fraction of sp³-hybridized carbons (Fsp3) is 0.923. The lowest BCUT2D eigenvalue weighted by Crippen LogP contribution is -2.35. The Balaban J connectivity index is 0.00000289. The maximum absolute atomic E-state index is 10.1. The van der Waals surface area contributed by atoms with Gasteiger partial charge in [-0.2, -0.15) is 0 Å². The van der Waals surface area contributed by atoms with Crippen LogP contribution in [-0.4, -0.2) is 29.8 Å². The van der Waals surface area contributed by atoms with E-state index in [1.807, 2.05) is 0 Å². The second-order valence-corrected chi connectivity index (χ2v) is 5.12. The molecular formula is C13H28IN3O. The van der Waals surface area contributed by atoms with Gasteiger partial charge < -0.3 is 16.2 Å². The Hall–Kier alpha value is -0.0400. The highest BCUT2D eigenvalue weighted by molar-refractivity contribution is 14.0. The molecule has 0 aromatic heterocycles. The minimum Gasteiger partial charge on any atom is -0.388 e. The molecule has 0 aromatic carbocycles. The molecule has 0 radical (unpaired) electrons. The Bertz CT molecular complexity index is 240. The van der Waals surface area contributed by atoms with Gasteiger partial charge in [0.15, 0.2) is 5.96 Å². The van der Waals surface area contributed by atoms with Crippen LogP contribution in [0.4, 0.5) is 0 Å². The van der Waals surface area contributed by atoms with Gasteiger partial charge in [0.25, 0.3) is 0 Å². The summed E-state index contributed by atoms with van der Waals surface area (Å²) in [5, 5.41) is 13.2. The molecule has 0 bridgehead atoms. The lowest BCUT2D eigenvalue weighted by atomic mass is 10.0. The van der Waals surface area contributed by atoms with Gasteiger partial charge in [-0.05, 0) is 19.3 Å². The summed E-state index contributed by atoms with van der Waals surface area (Å²) in [6, 6.07) is 0. The van der Waals surface area contributed by atoms with E-state index >= 15 is 0 Å². The third-order valence-corrected chi connectivity index (χ3v) is 3.41. The van der Waals surface area contributed by atoms with E-state index in [-0.39, 0.29) is 24.0 Å². The van der Waals surface area contributed by atoms with Gasteiger partial charge in [-0.3, -0.25) is 4.99 Å². The van der Waals surface area contributed by atoms with Crippen LogP contribution < -0.4 is 11.1 Å². The predicted molar refractivity (Wildman–Crippen MR) is 87.5 cm³/mol. The Morgan fingerprint density at radius 3 is 2.56 bits per heavy atom. The second-order valence-electron chi connectivity index (χ2n) is 5.12. The van der Waals surface area contributed by atoms with Crippen LogP contribution in [-0.2, 0) is 0 Å². The van der Waals surface area contributed by atoms with Gasteiger partial charge in [0, 0.05) is 6.54 Å². The first kappa shape index (κ1) is 18.0. The number of nitrogens with one attached hydrogen (secondary N) is 1. The van der Waals surface area contributed by atoms with E-state index in [1.54, 1.807) is 0 Å². The smallest absolute Gasteiger partial charge is 0.188 e. The number of rotatable bonds is 7. The number of nitrogens with two attached hydrogens (primary N) is 1. The van der Waals surface area contributed by atoms with Crippen molar-refractivity contribution in [2.24, 2.45) is 10.7 Å². The molecule has 1 rings (SSSR count). The maximum Gasteiger partial charge on any atom is 0.188 e. The topological polar surface area (TPSA) is 70.6 Å². The minimum absolute atomic E-state index is 0. The lowest BCUT2D eigenvalue weighted by Gasteiger charge is -2.19. The lowest BCUT2D eigenvalue weighted by molar-refractivity contribution is 0.0575. The van der Waals surface area contributed by atoms with Crippen molar-refractivity contribution in [3.63, 3.8) is 0 Å². The van der Waals surface area contributed by atoms with Crippen LogP contribution >= 0.6 is 24.0 Å². The molecule has 0 unspecified atom stereocenters. The molecule has 18 heavy (non-hydrogen) atoms. The zero-order chi connectivity index (χ0) is 12.6. The van der Waals surface area contributed by atoms with E-state index in [0.29, 0.717) is 12.5 Å². The summed E-state index contributed by atoms with van der Waals surface area (Å²) in [5.41, 5.74) is 5.16. The molecule has 1 fully saturated rings. The molecule has 4 N–H and O–H groups in total. The van der Waals surface area contributed by atoms with Gasteiger partial charge >= 0.3 is 0 Å². The van der Waals surface area contributed by atoms with Gasteiger partial charge in [0.2, 0.25) is 0 Å². The largest absolute Gasteiger partial charge is 0.388 e. The number of hydrogen-bond acceptors (Lipinski definition) is 2. The highest BCUT2D eigenvalue weighted by Crippen LogP contribution is 2.29. The van der Waals surface area contributed by atoms with Crippen LogP contribution in [0.15, 0.2) is 4.99 Å². The standard InChI is InChI=1S/C13H27N3O.HI/c1-2-3-4-7-10-15-12(14)16-11-13(17)8-5-6-9-13;/h17H,2-11H2,1H3,(H3,14,15,16);1H. The number of hydrogen-bond donors (Lipinski definition) is 3. The summed E-state index contributed by atoms with van der Waals surface area (Å²) in [6.45, 7) is 3.53. The maximum atomic E-state index is 10.1. The molecule has 1 aliphatic rings. The first-order valence-corrected chi connectivity index (χ1v) is 6.92. The summed E-state index contributed by atoms with van der Waals surface area (Å²) in [7, 11) is 0. The van der Waals surface area contributed by atoms with Gasteiger partial charge in [-0.1, -0.05) is 39.0 Å². The summed E-state index contributed by atoms with van der Waals surface area (Å²) in [4.78, 5) is 4.23. The van der Waals surface area contributed by atoms with Crippen molar-refractivity contribution >= 4 is 29.9 Å². The summed E-state index contributed by atoms with van der Waals surface area (Å²) < 4.78 is 0. The summed E-state index contributed by atoms with van der Waals surface area (Å²) >= 11 is 0. The second kappa shape index (κ2) is 9.83. The Kier molecular flexibility index (Phi) is 9.81. The number of aliphatic imine (C=N–C) groups is 1. The fourth-order valence-corrected chi connectivity index (χ4v) is 2.25. The minimum atomic E-state index is -0.589. The average molecular weight is 369 g/mol. The SMILES string of the molecule is CCCCCCNC(N)=NCC1(O)CCCC1.I. The van der Waals surface area contributed by atoms with Crippen molar-refractivity contribution in [3.8, 4) is 0 Å². The van der Waals surface area contributed by atoms with Crippen molar-refractivity contribution in [1.29, 1.82) is 0 Å². The van der Waals surface area contributed by atoms with Gasteiger partial charge in [0.05, 0.1) is 12.1 Å². The van der Waals surface area contributed by atoms with E-state index in [1.165, 1.54) is 19.3 Å². The van der Waals surface area contributed by atoms with E-state index < -0.39 is 5.60 Å². The zero-order valence-corrected chi connectivity index (χ0v) is 13.8. The molecule has 0 spiro atoms. The molecule has 0 atom stereocenters. The van der Waals surface area contributed by atoms with E-state index in [9.17, 15) is 5.11 Å². The van der Waals surface area contributed by atoms with Crippen molar-refractivity contribution in [2.45, 2.75) is 63.9 Å². The van der Waals surface area contributed by atoms with Crippen molar-refractivity contribution < 1.29 is 5.11 Å². The monoisotopic (exact) mass is 369 g/mol. The van der Waals surface area contributed by atoms with Crippen LogP contribution in [0.2, 0.25) is 0 Å². The highest BCUT2D eigenvalue weighted by Gasteiger charge is 2.30. The van der Waals surface area contributed by atoms with Gasteiger partial charge in [0.1, 0.15) is 0 Å². The molecule has 0 heterocycles. The average Bonchev–Trinajstić information content (AvgIpc) is 2.74. The normalized spacial score (nSPS) is 18.4. The Morgan fingerprint density at radius 1 is 1.28 bits per heavy atom. The molecule has 0 saturated heterocycles. The van der Waals surface area contributed by atoms with Crippen molar-refractivity contribution in [3.05, 3.63) is 0 Å². The molecule has 1 saturated carbocycles. The van der Waals surface area contributed by atoms with Crippen LogP contribution in [0, 0.1) is 0 Å². The van der Waals surface area contributed by atoms with E-state index in [0.717, 1.165) is 38.6 Å². The molecule has 5 heteroatoms. The van der Waals surface area contributed by atoms with E-state index in [2.05, 4.69) is 17.2 Å². The predicted octanol–water partition coefficient (Wildman–Crippen LogP) is 2.39. The van der Waals surface area contributed by atoms with Crippen LogP contribution in [0.1, 0.15) is 58.3 Å². The number of unbranched alkanes of at least 4 members (excludes halogenated alkanes) is 3.